The summed E-state index contributed by atoms with van der Waals surface area (Å²) in [5.74, 6) is 0.765. The van der Waals surface area contributed by atoms with E-state index >= 15 is 0 Å². The van der Waals surface area contributed by atoms with Crippen LogP contribution in [0, 0.1) is 0 Å². The van der Waals surface area contributed by atoms with Gasteiger partial charge >= 0.3 is 0 Å². The second kappa shape index (κ2) is 6.10. The molecular weight excluding hydrogens is 298 g/mol. The first-order valence-corrected chi connectivity index (χ1v) is 8.85. The molecule has 0 fully saturated rings. The Labute approximate surface area is 131 Å². The van der Waals surface area contributed by atoms with Gasteiger partial charge in [-0.2, -0.15) is 4.31 Å². The number of sulfonamides is 1. The van der Waals surface area contributed by atoms with E-state index in [0.717, 1.165) is 23.3 Å². The number of rotatable bonds is 3. The van der Waals surface area contributed by atoms with E-state index in [9.17, 15) is 8.42 Å². The lowest BCUT2D eigenvalue weighted by Gasteiger charge is -2.19. The maximum Gasteiger partial charge on any atom is 0.243 e. The van der Waals surface area contributed by atoms with Crippen molar-refractivity contribution in [3.8, 4) is 5.75 Å². The largest absolute Gasteiger partial charge is 0.492 e. The molecule has 0 saturated heterocycles. The fourth-order valence-corrected chi connectivity index (χ4v) is 3.96. The van der Waals surface area contributed by atoms with Gasteiger partial charge in [0.2, 0.25) is 10.0 Å². The Bertz CT molecular complexity index is 754. The van der Waals surface area contributed by atoms with E-state index in [-0.39, 0.29) is 0 Å². The van der Waals surface area contributed by atoms with E-state index in [1.54, 1.807) is 12.1 Å². The lowest BCUT2D eigenvalue weighted by atomic mass is 10.2. The van der Waals surface area contributed by atoms with Gasteiger partial charge in [-0.25, -0.2) is 8.42 Å². The molecule has 3 rings (SSSR count). The Morgan fingerprint density at radius 1 is 1.09 bits per heavy atom. The van der Waals surface area contributed by atoms with Crippen molar-refractivity contribution in [1.82, 2.24) is 4.31 Å². The normalized spacial score (nSPS) is 15.7. The molecule has 116 valence electrons. The number of aryl methyl sites for hydroxylation is 1. The van der Waals surface area contributed by atoms with Crippen LogP contribution in [0.4, 0.5) is 0 Å². The highest BCUT2D eigenvalue weighted by molar-refractivity contribution is 7.89. The molecule has 2 aromatic rings. The molecule has 0 amide bonds. The van der Waals surface area contributed by atoms with Gasteiger partial charge in [-0.15, -0.1) is 0 Å². The highest BCUT2D eigenvalue weighted by Crippen LogP contribution is 2.26. The number of nitrogens with zero attached hydrogens (tertiary/aromatic N) is 1. The van der Waals surface area contributed by atoms with Gasteiger partial charge in [-0.05, 0) is 30.2 Å². The number of benzene rings is 2. The van der Waals surface area contributed by atoms with Crippen LogP contribution in [-0.2, 0) is 23.0 Å². The molecule has 0 N–H and O–H groups in total. The molecule has 0 atom stereocenters. The van der Waals surface area contributed by atoms with E-state index in [4.69, 9.17) is 4.74 Å². The summed E-state index contributed by atoms with van der Waals surface area (Å²) in [5, 5.41) is 0. The molecule has 2 aromatic carbocycles. The molecule has 0 bridgehead atoms. The zero-order chi connectivity index (χ0) is 15.6. The zero-order valence-corrected chi connectivity index (χ0v) is 13.3. The van der Waals surface area contributed by atoms with Crippen molar-refractivity contribution in [2.45, 2.75) is 24.8 Å². The first kappa shape index (κ1) is 15.1. The predicted octanol–water partition coefficient (Wildman–Crippen LogP) is 2.83. The second-order valence-electron chi connectivity index (χ2n) is 5.29. The summed E-state index contributed by atoms with van der Waals surface area (Å²) in [4.78, 5) is 0.337. The van der Waals surface area contributed by atoms with Crippen molar-refractivity contribution < 1.29 is 13.2 Å². The first-order valence-electron chi connectivity index (χ1n) is 7.41. The van der Waals surface area contributed by atoms with Crippen LogP contribution in [0.5, 0.6) is 5.75 Å². The van der Waals surface area contributed by atoms with Gasteiger partial charge in [-0.3, -0.25) is 0 Å². The minimum absolute atomic E-state index is 0.337. The topological polar surface area (TPSA) is 46.6 Å². The lowest BCUT2D eigenvalue weighted by molar-refractivity contribution is 0.293. The van der Waals surface area contributed by atoms with Gasteiger partial charge in [0.05, 0.1) is 4.90 Å². The number of hydrogen-bond acceptors (Lipinski definition) is 3. The Kier molecular flexibility index (Phi) is 4.18. The van der Waals surface area contributed by atoms with Crippen LogP contribution in [-0.4, -0.2) is 25.9 Å². The van der Waals surface area contributed by atoms with Gasteiger partial charge in [0.1, 0.15) is 12.4 Å². The maximum atomic E-state index is 12.8. The van der Waals surface area contributed by atoms with Gasteiger partial charge in [-0.1, -0.05) is 37.3 Å². The molecule has 1 heterocycles. The number of hydrogen-bond donors (Lipinski definition) is 0. The van der Waals surface area contributed by atoms with Crippen molar-refractivity contribution >= 4 is 10.0 Å². The molecule has 0 aliphatic carbocycles. The minimum Gasteiger partial charge on any atom is -0.492 e. The van der Waals surface area contributed by atoms with Crippen molar-refractivity contribution in [1.29, 1.82) is 0 Å². The van der Waals surface area contributed by atoms with Crippen molar-refractivity contribution in [2.75, 3.05) is 13.2 Å². The molecule has 0 aromatic heterocycles. The van der Waals surface area contributed by atoms with Gasteiger partial charge in [0.25, 0.3) is 0 Å². The summed E-state index contributed by atoms with van der Waals surface area (Å²) in [6, 6.07) is 14.7. The molecule has 0 spiro atoms. The molecule has 1 aliphatic heterocycles. The van der Waals surface area contributed by atoms with Crippen LogP contribution in [0.3, 0.4) is 0 Å². The van der Waals surface area contributed by atoms with Crippen LogP contribution in [0.1, 0.15) is 18.1 Å². The Morgan fingerprint density at radius 2 is 1.82 bits per heavy atom. The summed E-state index contributed by atoms with van der Waals surface area (Å²) < 4.78 is 32.8. The fraction of sp³-hybridized carbons (Fsp3) is 0.294. The molecule has 1 aliphatic rings. The zero-order valence-electron chi connectivity index (χ0n) is 12.5. The van der Waals surface area contributed by atoms with E-state index in [1.807, 2.05) is 43.3 Å². The summed E-state index contributed by atoms with van der Waals surface area (Å²) in [5.41, 5.74) is 2.03. The van der Waals surface area contributed by atoms with Crippen LogP contribution in [0.15, 0.2) is 53.4 Å². The van der Waals surface area contributed by atoms with Gasteiger partial charge in [0.15, 0.2) is 0 Å². The maximum absolute atomic E-state index is 12.8. The second-order valence-corrected chi connectivity index (χ2v) is 7.23. The Morgan fingerprint density at radius 3 is 2.55 bits per heavy atom. The van der Waals surface area contributed by atoms with Gasteiger partial charge in [0, 0.05) is 18.7 Å². The minimum atomic E-state index is -3.50. The highest BCUT2D eigenvalue weighted by atomic mass is 32.2. The van der Waals surface area contributed by atoms with Crippen LogP contribution in [0.25, 0.3) is 0 Å². The van der Waals surface area contributed by atoms with Gasteiger partial charge < -0.3 is 4.74 Å². The van der Waals surface area contributed by atoms with Crippen molar-refractivity contribution in [3.05, 3.63) is 59.7 Å². The Balaban J connectivity index is 1.91. The lowest BCUT2D eigenvalue weighted by Crippen LogP contribution is -2.32. The summed E-state index contributed by atoms with van der Waals surface area (Å²) in [6.07, 6.45) is 0.894. The van der Waals surface area contributed by atoms with Crippen LogP contribution < -0.4 is 4.74 Å². The molecule has 5 heteroatoms. The smallest absolute Gasteiger partial charge is 0.243 e. The average Bonchev–Trinajstić information content (AvgIpc) is 2.77. The molecular formula is C17H19NO3S. The third-order valence-corrected chi connectivity index (χ3v) is 5.75. The van der Waals surface area contributed by atoms with E-state index < -0.39 is 10.0 Å². The molecule has 0 radical (unpaired) electrons. The molecule has 22 heavy (non-hydrogen) atoms. The highest BCUT2D eigenvalue weighted by Gasteiger charge is 2.27. The third kappa shape index (κ3) is 2.87. The van der Waals surface area contributed by atoms with E-state index in [0.29, 0.717) is 24.6 Å². The van der Waals surface area contributed by atoms with Crippen molar-refractivity contribution in [3.63, 3.8) is 0 Å². The monoisotopic (exact) mass is 317 g/mol. The van der Waals surface area contributed by atoms with Crippen LogP contribution in [0.2, 0.25) is 0 Å². The number of para-hydroxylation sites is 1. The predicted molar refractivity (Wildman–Crippen MR) is 85.4 cm³/mol. The Hall–Kier alpha value is -1.85. The number of fused-ring (bicyclic) bond motifs is 1. The quantitative estimate of drug-likeness (QED) is 0.874. The van der Waals surface area contributed by atoms with Crippen molar-refractivity contribution in [2.24, 2.45) is 0 Å². The first-order chi connectivity index (χ1) is 10.6. The van der Waals surface area contributed by atoms with E-state index in [2.05, 4.69) is 0 Å². The summed E-state index contributed by atoms with van der Waals surface area (Å²) in [6.45, 7) is 3.11. The fourth-order valence-electron chi connectivity index (χ4n) is 2.55. The third-order valence-electron chi connectivity index (χ3n) is 3.89. The SMILES string of the molecule is CCc1ccc(S(=O)(=O)N2CCOc3ccccc3C2)cc1. The molecule has 4 nitrogen and oxygen atoms in total. The summed E-state index contributed by atoms with van der Waals surface area (Å²) >= 11 is 0. The number of ether oxygens (including phenoxy) is 1. The summed E-state index contributed by atoms with van der Waals surface area (Å²) in [7, 11) is -3.50. The average molecular weight is 317 g/mol. The molecule has 0 unspecified atom stereocenters. The standard InChI is InChI=1S/C17H19NO3S/c1-2-14-7-9-16(10-8-14)22(19,20)18-11-12-21-17-6-4-3-5-15(17)13-18/h3-10H,2,11-13H2,1H3. The van der Waals surface area contributed by atoms with Crippen LogP contribution >= 0.6 is 0 Å². The van der Waals surface area contributed by atoms with E-state index in [1.165, 1.54) is 4.31 Å². The molecule has 0 saturated carbocycles.